The molecule has 124 valence electrons. The Morgan fingerprint density at radius 2 is 1.48 bits per heavy atom. The van der Waals surface area contributed by atoms with E-state index in [9.17, 15) is 13.2 Å². The van der Waals surface area contributed by atoms with Crippen molar-refractivity contribution in [1.29, 1.82) is 0 Å². The van der Waals surface area contributed by atoms with E-state index < -0.39 is 11.6 Å². The summed E-state index contributed by atoms with van der Waals surface area (Å²) >= 11 is 0. The van der Waals surface area contributed by atoms with Crippen LogP contribution >= 0.6 is 0 Å². The van der Waals surface area contributed by atoms with Crippen LogP contribution in [0.2, 0.25) is 0 Å². The Morgan fingerprint density at radius 1 is 0.905 bits per heavy atom. The molecule has 0 bridgehead atoms. The van der Waals surface area contributed by atoms with Crippen molar-refractivity contribution in [2.75, 3.05) is 0 Å². The third-order valence-corrected chi connectivity index (χ3v) is 6.07. The van der Waals surface area contributed by atoms with Crippen molar-refractivity contribution in [3.8, 4) is 0 Å². The molecule has 1 atom stereocenters. The topological polar surface area (TPSA) is 0 Å². The van der Waals surface area contributed by atoms with Gasteiger partial charge in [0.15, 0.2) is 0 Å². The van der Waals surface area contributed by atoms with Gasteiger partial charge in [0.05, 0.1) is 5.41 Å². The van der Waals surface area contributed by atoms with Gasteiger partial charge in [-0.3, -0.25) is 0 Å². The molecule has 3 heteroatoms. The summed E-state index contributed by atoms with van der Waals surface area (Å²) in [5, 5.41) is 0. The molecular weight excluding hydrogens is 273 g/mol. The first kappa shape index (κ1) is 17.1. The summed E-state index contributed by atoms with van der Waals surface area (Å²) in [6, 6.07) is 0. The molecular formula is C18H31F3. The number of hydrogen-bond acceptors (Lipinski definition) is 0. The number of rotatable bonds is 7. The van der Waals surface area contributed by atoms with E-state index in [0.29, 0.717) is 30.6 Å². The highest BCUT2D eigenvalue weighted by molar-refractivity contribution is 4.95. The Labute approximate surface area is 127 Å². The van der Waals surface area contributed by atoms with Gasteiger partial charge in [0.1, 0.15) is 0 Å². The molecule has 2 saturated carbocycles. The zero-order valence-corrected chi connectivity index (χ0v) is 13.9. The third kappa shape index (κ3) is 3.76. The van der Waals surface area contributed by atoms with Gasteiger partial charge in [-0.1, -0.05) is 40.0 Å². The normalized spacial score (nSPS) is 25.3. The lowest BCUT2D eigenvalue weighted by molar-refractivity contribution is -0.257. The van der Waals surface area contributed by atoms with Gasteiger partial charge in [-0.15, -0.1) is 0 Å². The first-order chi connectivity index (χ1) is 9.68. The average molecular weight is 304 g/mol. The summed E-state index contributed by atoms with van der Waals surface area (Å²) in [5.74, 6) is 0.908. The van der Waals surface area contributed by atoms with Crippen molar-refractivity contribution >= 4 is 0 Å². The fraction of sp³-hybridized carbons (Fsp3) is 1.00. The standard InChI is InChI=1S/C18H31F3/c1-14(2)12-16(7-4-8-16)11-6-15(3)13-17(9-5-10-17)18(19,20)21/h14-15H,4-13H2,1-3H3. The van der Waals surface area contributed by atoms with Gasteiger partial charge >= 0.3 is 6.18 Å². The lowest BCUT2D eigenvalue weighted by Crippen LogP contribution is -2.45. The molecule has 0 spiro atoms. The summed E-state index contributed by atoms with van der Waals surface area (Å²) in [7, 11) is 0. The fourth-order valence-corrected chi connectivity index (χ4v) is 4.63. The predicted molar refractivity (Wildman–Crippen MR) is 81.1 cm³/mol. The number of alkyl halides is 3. The van der Waals surface area contributed by atoms with E-state index in [1.807, 2.05) is 6.92 Å². The molecule has 2 aliphatic carbocycles. The second kappa shape index (κ2) is 6.12. The van der Waals surface area contributed by atoms with E-state index in [2.05, 4.69) is 13.8 Å². The second-order valence-corrected chi connectivity index (χ2v) is 8.43. The van der Waals surface area contributed by atoms with Crippen LogP contribution in [0.1, 0.15) is 85.0 Å². The molecule has 0 aromatic heterocycles. The Balaban J connectivity index is 1.83. The van der Waals surface area contributed by atoms with Crippen molar-refractivity contribution < 1.29 is 13.2 Å². The van der Waals surface area contributed by atoms with Gasteiger partial charge in [-0.05, 0) is 62.2 Å². The van der Waals surface area contributed by atoms with Crippen LogP contribution in [0.3, 0.4) is 0 Å². The summed E-state index contributed by atoms with van der Waals surface area (Å²) in [6.07, 6.45) is 5.10. The van der Waals surface area contributed by atoms with E-state index >= 15 is 0 Å². The Morgan fingerprint density at radius 3 is 1.81 bits per heavy atom. The van der Waals surface area contributed by atoms with E-state index in [1.165, 1.54) is 25.7 Å². The van der Waals surface area contributed by atoms with Crippen LogP contribution in [-0.2, 0) is 0 Å². The van der Waals surface area contributed by atoms with Crippen LogP contribution in [0, 0.1) is 22.7 Å². The molecule has 0 nitrogen and oxygen atoms in total. The summed E-state index contributed by atoms with van der Waals surface area (Å²) in [4.78, 5) is 0. The maximum absolute atomic E-state index is 13.2. The molecule has 0 saturated heterocycles. The van der Waals surface area contributed by atoms with Crippen molar-refractivity contribution in [2.45, 2.75) is 91.2 Å². The molecule has 21 heavy (non-hydrogen) atoms. The molecule has 2 aliphatic rings. The molecule has 0 aromatic carbocycles. The SMILES string of the molecule is CC(C)CC1(CCC(C)CC2(C(F)(F)F)CCC2)CCC1. The molecule has 0 aromatic rings. The number of halogens is 3. The Bertz CT molecular complexity index is 335. The smallest absolute Gasteiger partial charge is 0.171 e. The van der Waals surface area contributed by atoms with E-state index in [0.717, 1.165) is 19.3 Å². The van der Waals surface area contributed by atoms with Crippen molar-refractivity contribution in [3.63, 3.8) is 0 Å². The van der Waals surface area contributed by atoms with Gasteiger partial charge in [-0.2, -0.15) is 13.2 Å². The van der Waals surface area contributed by atoms with Gasteiger partial charge in [0.25, 0.3) is 0 Å². The summed E-state index contributed by atoms with van der Waals surface area (Å²) in [5.41, 5.74) is -0.870. The minimum atomic E-state index is -3.99. The molecule has 0 aliphatic heterocycles. The van der Waals surface area contributed by atoms with Gasteiger partial charge in [0.2, 0.25) is 0 Å². The maximum atomic E-state index is 13.2. The zero-order valence-electron chi connectivity index (χ0n) is 13.9. The molecule has 1 unspecified atom stereocenters. The first-order valence-electron chi connectivity index (χ1n) is 8.75. The van der Waals surface area contributed by atoms with E-state index in [1.54, 1.807) is 0 Å². The fourth-order valence-electron chi connectivity index (χ4n) is 4.63. The van der Waals surface area contributed by atoms with Crippen LogP contribution in [0.25, 0.3) is 0 Å². The van der Waals surface area contributed by atoms with Crippen LogP contribution in [0.5, 0.6) is 0 Å². The van der Waals surface area contributed by atoms with E-state index in [-0.39, 0.29) is 5.92 Å². The van der Waals surface area contributed by atoms with Crippen LogP contribution in [0.15, 0.2) is 0 Å². The monoisotopic (exact) mass is 304 g/mol. The lowest BCUT2D eigenvalue weighted by Gasteiger charge is -2.46. The molecule has 0 radical (unpaired) electrons. The molecule has 2 fully saturated rings. The summed E-state index contributed by atoms with van der Waals surface area (Å²) in [6.45, 7) is 6.56. The lowest BCUT2D eigenvalue weighted by atomic mass is 9.60. The van der Waals surface area contributed by atoms with E-state index in [4.69, 9.17) is 0 Å². The predicted octanol–water partition coefficient (Wildman–Crippen LogP) is 6.74. The quantitative estimate of drug-likeness (QED) is 0.488. The van der Waals surface area contributed by atoms with Crippen molar-refractivity contribution in [1.82, 2.24) is 0 Å². The summed E-state index contributed by atoms with van der Waals surface area (Å²) < 4.78 is 39.7. The third-order valence-electron chi connectivity index (χ3n) is 6.07. The maximum Gasteiger partial charge on any atom is 0.394 e. The number of hydrogen-bond donors (Lipinski definition) is 0. The Kier molecular flexibility index (Phi) is 5.00. The van der Waals surface area contributed by atoms with Crippen LogP contribution in [0.4, 0.5) is 13.2 Å². The minimum Gasteiger partial charge on any atom is -0.171 e. The highest BCUT2D eigenvalue weighted by Crippen LogP contribution is 2.57. The molecule has 0 heterocycles. The van der Waals surface area contributed by atoms with Crippen molar-refractivity contribution in [2.24, 2.45) is 22.7 Å². The van der Waals surface area contributed by atoms with Gasteiger partial charge in [0, 0.05) is 0 Å². The zero-order chi connectivity index (χ0) is 15.7. The highest BCUT2D eigenvalue weighted by atomic mass is 19.4. The molecule has 2 rings (SSSR count). The Hall–Kier alpha value is -0.210. The first-order valence-corrected chi connectivity index (χ1v) is 8.75. The largest absolute Gasteiger partial charge is 0.394 e. The second-order valence-electron chi connectivity index (χ2n) is 8.43. The van der Waals surface area contributed by atoms with Crippen molar-refractivity contribution in [3.05, 3.63) is 0 Å². The average Bonchev–Trinajstić information content (AvgIpc) is 2.24. The minimum absolute atomic E-state index is 0.205. The molecule has 0 amide bonds. The highest BCUT2D eigenvalue weighted by Gasteiger charge is 2.58. The van der Waals surface area contributed by atoms with Crippen LogP contribution < -0.4 is 0 Å². The van der Waals surface area contributed by atoms with Crippen LogP contribution in [-0.4, -0.2) is 6.18 Å². The van der Waals surface area contributed by atoms with Gasteiger partial charge in [-0.25, -0.2) is 0 Å². The molecule has 0 N–H and O–H groups in total. The van der Waals surface area contributed by atoms with Gasteiger partial charge < -0.3 is 0 Å².